The van der Waals surface area contributed by atoms with Crippen molar-refractivity contribution in [2.75, 3.05) is 12.3 Å². The summed E-state index contributed by atoms with van der Waals surface area (Å²) in [6, 6.07) is 5.14. The maximum atomic E-state index is 11.9. The van der Waals surface area contributed by atoms with Crippen LogP contribution in [0.15, 0.2) is 22.7 Å². The molecule has 6 heteroatoms. The first-order valence-corrected chi connectivity index (χ1v) is 7.87. The van der Waals surface area contributed by atoms with Gasteiger partial charge in [-0.1, -0.05) is 35.2 Å². The topological polar surface area (TPSA) is 81.4 Å². The van der Waals surface area contributed by atoms with Crippen LogP contribution in [0.1, 0.15) is 42.5 Å². The molecule has 0 unspecified atom stereocenters. The van der Waals surface area contributed by atoms with Gasteiger partial charge in [-0.2, -0.15) is 0 Å². The highest BCUT2D eigenvalue weighted by Gasteiger charge is 2.18. The molecule has 21 heavy (non-hydrogen) atoms. The lowest BCUT2D eigenvalue weighted by molar-refractivity contribution is -0.125. The fourth-order valence-corrected chi connectivity index (χ4v) is 2.79. The number of anilines is 1. The smallest absolute Gasteiger partial charge is 0.340 e. The largest absolute Gasteiger partial charge is 0.452 e. The molecule has 0 aliphatic heterocycles. The van der Waals surface area contributed by atoms with Crippen LogP contribution in [0.3, 0.4) is 0 Å². The molecule has 0 saturated heterocycles. The summed E-state index contributed by atoms with van der Waals surface area (Å²) in [4.78, 5) is 23.7. The van der Waals surface area contributed by atoms with Gasteiger partial charge in [0.25, 0.3) is 5.91 Å². The van der Waals surface area contributed by atoms with Crippen molar-refractivity contribution in [3.05, 3.63) is 28.2 Å². The van der Waals surface area contributed by atoms with Gasteiger partial charge in [0.05, 0.1) is 5.56 Å². The first kappa shape index (κ1) is 15.8. The molecule has 1 fully saturated rings. The molecule has 1 saturated carbocycles. The fraction of sp³-hybridized carbons (Fsp3) is 0.467. The molecule has 1 aliphatic carbocycles. The molecule has 2 rings (SSSR count). The Labute approximate surface area is 132 Å². The molecule has 0 bridgehead atoms. The Kier molecular flexibility index (Phi) is 5.61. The fourth-order valence-electron chi connectivity index (χ4n) is 2.43. The van der Waals surface area contributed by atoms with Gasteiger partial charge >= 0.3 is 5.97 Å². The van der Waals surface area contributed by atoms with E-state index in [4.69, 9.17) is 10.5 Å². The Morgan fingerprint density at radius 1 is 1.29 bits per heavy atom. The average molecular weight is 355 g/mol. The maximum absolute atomic E-state index is 11.9. The van der Waals surface area contributed by atoms with E-state index in [1.165, 1.54) is 6.42 Å². The first-order valence-electron chi connectivity index (χ1n) is 7.08. The Hall–Kier alpha value is -1.56. The van der Waals surface area contributed by atoms with Crippen LogP contribution >= 0.6 is 15.9 Å². The van der Waals surface area contributed by atoms with Gasteiger partial charge in [0.2, 0.25) is 0 Å². The van der Waals surface area contributed by atoms with Crippen molar-refractivity contribution in [2.24, 2.45) is 0 Å². The van der Waals surface area contributed by atoms with Crippen molar-refractivity contribution < 1.29 is 14.3 Å². The number of halogens is 1. The Bertz CT molecular complexity index is 528. The van der Waals surface area contributed by atoms with Crippen molar-refractivity contribution in [3.8, 4) is 0 Å². The van der Waals surface area contributed by atoms with Gasteiger partial charge in [-0.3, -0.25) is 4.79 Å². The Balaban J connectivity index is 1.82. The molecule has 0 spiro atoms. The molecule has 5 nitrogen and oxygen atoms in total. The summed E-state index contributed by atoms with van der Waals surface area (Å²) in [6.45, 7) is -0.277. The predicted octanol–water partition coefficient (Wildman–Crippen LogP) is 2.64. The lowest BCUT2D eigenvalue weighted by atomic mass is 9.95. The quantitative estimate of drug-likeness (QED) is 0.643. The van der Waals surface area contributed by atoms with Crippen LogP contribution in [0.25, 0.3) is 0 Å². The van der Waals surface area contributed by atoms with E-state index in [1.807, 2.05) is 0 Å². The normalized spacial score (nSPS) is 15.5. The number of carbonyl (C=O) groups is 2. The van der Waals surface area contributed by atoms with E-state index in [2.05, 4.69) is 21.2 Å². The molecule has 3 N–H and O–H groups in total. The van der Waals surface area contributed by atoms with E-state index in [9.17, 15) is 9.59 Å². The molecule has 0 radical (unpaired) electrons. The van der Waals surface area contributed by atoms with E-state index in [1.54, 1.807) is 18.2 Å². The average Bonchev–Trinajstić information content (AvgIpc) is 2.48. The second kappa shape index (κ2) is 7.45. The molecular weight excluding hydrogens is 336 g/mol. The second-order valence-corrected chi connectivity index (χ2v) is 6.13. The van der Waals surface area contributed by atoms with Crippen molar-refractivity contribution in [1.29, 1.82) is 0 Å². The monoisotopic (exact) mass is 354 g/mol. The van der Waals surface area contributed by atoms with Gasteiger partial charge in [0, 0.05) is 16.2 Å². The lowest BCUT2D eigenvalue weighted by Crippen LogP contribution is -2.38. The number of benzene rings is 1. The van der Waals surface area contributed by atoms with Gasteiger partial charge in [0.1, 0.15) is 0 Å². The van der Waals surface area contributed by atoms with Crippen molar-refractivity contribution in [3.63, 3.8) is 0 Å². The standard InChI is InChI=1S/C15H19BrN2O3/c16-10-6-7-13(17)12(8-10)15(20)21-9-14(19)18-11-4-2-1-3-5-11/h6-8,11H,1-5,9,17H2,(H,18,19). The van der Waals surface area contributed by atoms with Crippen LogP contribution in [0.4, 0.5) is 5.69 Å². The number of carbonyl (C=O) groups excluding carboxylic acids is 2. The van der Waals surface area contributed by atoms with Crippen molar-refractivity contribution in [2.45, 2.75) is 38.1 Å². The number of rotatable bonds is 4. The van der Waals surface area contributed by atoms with Gasteiger partial charge in [-0.15, -0.1) is 0 Å². The SMILES string of the molecule is Nc1ccc(Br)cc1C(=O)OCC(=O)NC1CCCCC1. The molecule has 0 aromatic heterocycles. The van der Waals surface area contributed by atoms with Crippen LogP contribution in [0, 0.1) is 0 Å². The van der Waals surface area contributed by atoms with E-state index in [0.717, 1.165) is 30.2 Å². The minimum atomic E-state index is -0.590. The molecule has 1 amide bonds. The van der Waals surface area contributed by atoms with E-state index in [-0.39, 0.29) is 24.1 Å². The van der Waals surface area contributed by atoms with Gasteiger partial charge < -0.3 is 15.8 Å². The van der Waals surface area contributed by atoms with Crippen LogP contribution in [0.2, 0.25) is 0 Å². The molecular formula is C15H19BrN2O3. The maximum Gasteiger partial charge on any atom is 0.340 e. The highest BCUT2D eigenvalue weighted by atomic mass is 79.9. The summed E-state index contributed by atoms with van der Waals surface area (Å²) in [6.07, 6.45) is 5.50. The van der Waals surface area contributed by atoms with Gasteiger partial charge in [-0.05, 0) is 31.0 Å². The molecule has 1 aromatic rings. The summed E-state index contributed by atoms with van der Waals surface area (Å²) >= 11 is 3.27. The molecule has 1 aromatic carbocycles. The van der Waals surface area contributed by atoms with Crippen LogP contribution in [0.5, 0.6) is 0 Å². The number of amides is 1. The zero-order chi connectivity index (χ0) is 15.2. The van der Waals surface area contributed by atoms with Crippen molar-refractivity contribution in [1.82, 2.24) is 5.32 Å². The third-order valence-corrected chi connectivity index (χ3v) is 4.03. The second-order valence-electron chi connectivity index (χ2n) is 5.21. The third kappa shape index (κ3) is 4.74. The summed E-state index contributed by atoms with van der Waals surface area (Å²) < 4.78 is 5.75. The van der Waals surface area contributed by atoms with Crippen molar-refractivity contribution >= 4 is 33.5 Å². The number of hydrogen-bond acceptors (Lipinski definition) is 4. The molecule has 114 valence electrons. The summed E-state index contributed by atoms with van der Waals surface area (Å²) in [7, 11) is 0. The zero-order valence-electron chi connectivity index (χ0n) is 11.7. The molecule has 0 atom stereocenters. The van der Waals surface area contributed by atoms with Crippen LogP contribution in [-0.4, -0.2) is 24.5 Å². The number of ether oxygens (including phenoxy) is 1. The van der Waals surface area contributed by atoms with Gasteiger partial charge in [-0.25, -0.2) is 4.79 Å². The number of esters is 1. The number of nitrogen functional groups attached to an aromatic ring is 1. The third-order valence-electron chi connectivity index (χ3n) is 3.54. The highest BCUT2D eigenvalue weighted by Crippen LogP contribution is 2.19. The summed E-state index contributed by atoms with van der Waals surface area (Å²) in [5, 5.41) is 2.90. The highest BCUT2D eigenvalue weighted by molar-refractivity contribution is 9.10. The number of nitrogens with two attached hydrogens (primary N) is 1. The number of nitrogens with one attached hydrogen (secondary N) is 1. The Morgan fingerprint density at radius 2 is 2.00 bits per heavy atom. The van der Waals surface area contributed by atoms with E-state index >= 15 is 0 Å². The lowest BCUT2D eigenvalue weighted by Gasteiger charge is -2.22. The Morgan fingerprint density at radius 3 is 2.71 bits per heavy atom. The predicted molar refractivity (Wildman–Crippen MR) is 83.9 cm³/mol. The zero-order valence-corrected chi connectivity index (χ0v) is 13.3. The van der Waals surface area contributed by atoms with Crippen LogP contribution in [-0.2, 0) is 9.53 Å². The first-order chi connectivity index (χ1) is 10.1. The van der Waals surface area contributed by atoms with E-state index < -0.39 is 5.97 Å². The minimum absolute atomic E-state index is 0.209. The van der Waals surface area contributed by atoms with Crippen LogP contribution < -0.4 is 11.1 Å². The molecule has 1 aliphatic rings. The minimum Gasteiger partial charge on any atom is -0.452 e. The van der Waals surface area contributed by atoms with E-state index in [0.29, 0.717) is 5.69 Å². The summed E-state index contributed by atoms with van der Waals surface area (Å²) in [5.74, 6) is -0.851. The summed E-state index contributed by atoms with van der Waals surface area (Å²) in [5.41, 5.74) is 6.31. The number of hydrogen-bond donors (Lipinski definition) is 2. The van der Waals surface area contributed by atoms with Gasteiger partial charge in [0.15, 0.2) is 6.61 Å². The molecule has 0 heterocycles.